The predicted molar refractivity (Wildman–Crippen MR) is 61.7 cm³/mol. The van der Waals surface area contributed by atoms with Gasteiger partial charge in [-0.1, -0.05) is 0 Å². The molecular formula is C10H19N3O4. The van der Waals surface area contributed by atoms with Crippen LogP contribution in [0.1, 0.15) is 20.3 Å². The van der Waals surface area contributed by atoms with Crippen LogP contribution in [0.15, 0.2) is 0 Å². The molecule has 3 amide bonds. The molecule has 0 aromatic rings. The Labute approximate surface area is 100 Å². The van der Waals surface area contributed by atoms with Crippen molar-refractivity contribution in [2.24, 2.45) is 0 Å². The molecule has 0 spiro atoms. The zero-order chi connectivity index (χ0) is 13.1. The first-order valence-corrected chi connectivity index (χ1v) is 5.48. The molecule has 0 bridgehead atoms. The highest BCUT2D eigenvalue weighted by atomic mass is 16.5. The lowest BCUT2D eigenvalue weighted by Crippen LogP contribution is -2.40. The number of hydrogen-bond acceptors (Lipinski definition) is 4. The summed E-state index contributed by atoms with van der Waals surface area (Å²) in [6, 6.07) is -0.364. The van der Waals surface area contributed by atoms with Crippen molar-refractivity contribution < 1.29 is 19.1 Å². The summed E-state index contributed by atoms with van der Waals surface area (Å²) in [5.41, 5.74) is 0. The number of hydrogen-bond donors (Lipinski definition) is 3. The number of urea groups is 1. The number of rotatable bonds is 7. The van der Waals surface area contributed by atoms with E-state index >= 15 is 0 Å². The largest absolute Gasteiger partial charge is 0.450 e. The second-order valence-electron chi connectivity index (χ2n) is 3.28. The summed E-state index contributed by atoms with van der Waals surface area (Å²) in [7, 11) is 0. The molecule has 0 aromatic heterocycles. The van der Waals surface area contributed by atoms with Crippen molar-refractivity contribution >= 4 is 17.9 Å². The van der Waals surface area contributed by atoms with Crippen LogP contribution in [-0.4, -0.2) is 44.1 Å². The highest BCUT2D eigenvalue weighted by molar-refractivity contribution is 5.77. The number of carbonyl (C=O) groups excluding carboxylic acids is 3. The third-order valence-corrected chi connectivity index (χ3v) is 1.72. The number of ketones is 1. The minimum Gasteiger partial charge on any atom is -0.450 e. The molecule has 7 heteroatoms. The molecule has 0 aliphatic rings. The van der Waals surface area contributed by atoms with Crippen LogP contribution in [0, 0.1) is 0 Å². The monoisotopic (exact) mass is 245 g/mol. The summed E-state index contributed by atoms with van der Waals surface area (Å²) in [5.74, 6) is 0.0225. The van der Waals surface area contributed by atoms with Gasteiger partial charge in [0.15, 0.2) is 0 Å². The average Bonchev–Trinajstić information content (AvgIpc) is 2.24. The van der Waals surface area contributed by atoms with Gasteiger partial charge in [-0.3, -0.25) is 4.79 Å². The first-order valence-electron chi connectivity index (χ1n) is 5.48. The molecule has 0 rings (SSSR count). The molecule has 0 atom stereocenters. The van der Waals surface area contributed by atoms with E-state index in [1.165, 1.54) is 6.92 Å². The van der Waals surface area contributed by atoms with E-state index in [-0.39, 0.29) is 11.8 Å². The summed E-state index contributed by atoms with van der Waals surface area (Å²) >= 11 is 0. The number of alkyl carbamates (subject to hydrolysis) is 1. The standard InChI is InChI=1S/C10H19N3O4/c1-3-17-10(16)13-7-6-12-9(15)11-5-4-8(2)14/h3-7H2,1-2H3,(H,13,16)(H2,11,12,15). The predicted octanol–water partition coefficient (Wildman–Crippen LogP) is 0.0108. The number of nitrogens with one attached hydrogen (secondary N) is 3. The van der Waals surface area contributed by atoms with Gasteiger partial charge in [0.25, 0.3) is 0 Å². The van der Waals surface area contributed by atoms with E-state index in [0.717, 1.165) is 0 Å². The molecule has 7 nitrogen and oxygen atoms in total. The van der Waals surface area contributed by atoms with Gasteiger partial charge in [0.2, 0.25) is 0 Å². The highest BCUT2D eigenvalue weighted by Crippen LogP contribution is 1.78. The molecular weight excluding hydrogens is 226 g/mol. The Kier molecular flexibility index (Phi) is 8.44. The van der Waals surface area contributed by atoms with Crippen LogP contribution in [0.2, 0.25) is 0 Å². The van der Waals surface area contributed by atoms with Crippen LogP contribution < -0.4 is 16.0 Å². The van der Waals surface area contributed by atoms with Gasteiger partial charge in [0.1, 0.15) is 5.78 Å². The minimum atomic E-state index is -0.508. The summed E-state index contributed by atoms with van der Waals surface area (Å²) in [6.45, 7) is 4.38. The number of amides is 3. The molecule has 0 heterocycles. The average molecular weight is 245 g/mol. The smallest absolute Gasteiger partial charge is 0.407 e. The lowest BCUT2D eigenvalue weighted by molar-refractivity contribution is -0.116. The topological polar surface area (TPSA) is 96.5 Å². The van der Waals surface area contributed by atoms with Crippen LogP contribution in [-0.2, 0) is 9.53 Å². The van der Waals surface area contributed by atoms with Gasteiger partial charge in [-0.15, -0.1) is 0 Å². The molecule has 3 N–H and O–H groups in total. The molecule has 0 aromatic carbocycles. The first kappa shape index (κ1) is 15.2. The van der Waals surface area contributed by atoms with Crippen molar-refractivity contribution in [3.05, 3.63) is 0 Å². The Morgan fingerprint density at radius 3 is 2.18 bits per heavy atom. The van der Waals surface area contributed by atoms with Crippen molar-refractivity contribution in [3.63, 3.8) is 0 Å². The molecule has 0 aliphatic carbocycles. The molecule has 17 heavy (non-hydrogen) atoms. The van der Waals surface area contributed by atoms with Crippen molar-refractivity contribution in [2.45, 2.75) is 20.3 Å². The van der Waals surface area contributed by atoms with Crippen LogP contribution in [0.25, 0.3) is 0 Å². The SMILES string of the molecule is CCOC(=O)NCCNC(=O)NCCC(C)=O. The molecule has 0 aliphatic heterocycles. The van der Waals surface area contributed by atoms with Crippen molar-refractivity contribution in [2.75, 3.05) is 26.2 Å². The highest BCUT2D eigenvalue weighted by Gasteiger charge is 2.01. The summed E-state index contributed by atoms with van der Waals surface area (Å²) < 4.78 is 4.62. The number of carbonyl (C=O) groups is 3. The number of ether oxygens (including phenoxy) is 1. The third kappa shape index (κ3) is 10.5. The molecule has 0 fully saturated rings. The van der Waals surface area contributed by atoms with Crippen molar-refractivity contribution in [1.29, 1.82) is 0 Å². The summed E-state index contributed by atoms with van der Waals surface area (Å²) in [6.07, 6.45) is -0.194. The normalized spacial score (nSPS) is 9.29. The van der Waals surface area contributed by atoms with Crippen LogP contribution >= 0.6 is 0 Å². The van der Waals surface area contributed by atoms with E-state index in [4.69, 9.17) is 0 Å². The summed E-state index contributed by atoms with van der Waals surface area (Å²) in [5, 5.41) is 7.49. The molecule has 0 radical (unpaired) electrons. The fourth-order valence-corrected chi connectivity index (χ4v) is 0.937. The Hall–Kier alpha value is -1.79. The van der Waals surface area contributed by atoms with Gasteiger partial charge in [-0.05, 0) is 13.8 Å². The Bertz CT molecular complexity index is 268. The first-order chi connectivity index (χ1) is 8.06. The lowest BCUT2D eigenvalue weighted by Gasteiger charge is -2.07. The zero-order valence-electron chi connectivity index (χ0n) is 10.2. The molecule has 0 unspecified atom stereocenters. The van der Waals surface area contributed by atoms with E-state index in [1.54, 1.807) is 6.92 Å². The number of Topliss-reactive ketones (excluding diaryl/α,β-unsaturated/α-hetero) is 1. The third-order valence-electron chi connectivity index (χ3n) is 1.72. The Balaban J connectivity index is 3.39. The minimum absolute atomic E-state index is 0.0225. The fraction of sp³-hybridized carbons (Fsp3) is 0.700. The molecule has 0 saturated heterocycles. The van der Waals surface area contributed by atoms with E-state index in [0.29, 0.717) is 32.7 Å². The van der Waals surface area contributed by atoms with Crippen molar-refractivity contribution in [1.82, 2.24) is 16.0 Å². The fourth-order valence-electron chi connectivity index (χ4n) is 0.937. The second kappa shape index (κ2) is 9.44. The van der Waals surface area contributed by atoms with Gasteiger partial charge in [-0.2, -0.15) is 0 Å². The molecule has 98 valence electrons. The van der Waals surface area contributed by atoms with Gasteiger partial charge in [0.05, 0.1) is 6.61 Å². The molecule has 0 saturated carbocycles. The maximum atomic E-state index is 11.1. The van der Waals surface area contributed by atoms with E-state index < -0.39 is 6.09 Å². The summed E-state index contributed by atoms with van der Waals surface area (Å²) in [4.78, 5) is 32.5. The lowest BCUT2D eigenvalue weighted by atomic mass is 10.3. The van der Waals surface area contributed by atoms with Crippen LogP contribution in [0.4, 0.5) is 9.59 Å². The maximum Gasteiger partial charge on any atom is 0.407 e. The van der Waals surface area contributed by atoms with Crippen molar-refractivity contribution in [3.8, 4) is 0 Å². The van der Waals surface area contributed by atoms with E-state index in [2.05, 4.69) is 20.7 Å². The maximum absolute atomic E-state index is 11.1. The van der Waals surface area contributed by atoms with Gasteiger partial charge in [-0.25, -0.2) is 9.59 Å². The van der Waals surface area contributed by atoms with Gasteiger partial charge >= 0.3 is 12.1 Å². The Morgan fingerprint density at radius 2 is 1.59 bits per heavy atom. The van der Waals surface area contributed by atoms with Crippen LogP contribution in [0.5, 0.6) is 0 Å². The van der Waals surface area contributed by atoms with E-state index in [1.807, 2.05) is 0 Å². The van der Waals surface area contributed by atoms with E-state index in [9.17, 15) is 14.4 Å². The second-order valence-corrected chi connectivity index (χ2v) is 3.28. The quantitative estimate of drug-likeness (QED) is 0.550. The Morgan fingerprint density at radius 1 is 1.00 bits per heavy atom. The zero-order valence-corrected chi connectivity index (χ0v) is 10.2. The van der Waals surface area contributed by atoms with Gasteiger partial charge in [0, 0.05) is 26.1 Å². The van der Waals surface area contributed by atoms with Crippen LogP contribution in [0.3, 0.4) is 0 Å². The van der Waals surface area contributed by atoms with Gasteiger partial charge < -0.3 is 20.7 Å².